The molecule has 0 saturated heterocycles. The number of nitrogens with one attached hydrogen (secondary N) is 1. The summed E-state index contributed by atoms with van der Waals surface area (Å²) in [6.07, 6.45) is 8.82. The number of rotatable bonds is 8. The van der Waals surface area contributed by atoms with Gasteiger partial charge in [-0.25, -0.2) is 0 Å². The van der Waals surface area contributed by atoms with Crippen LogP contribution in [0, 0.1) is 0 Å². The maximum atomic E-state index is 5.12. The summed E-state index contributed by atoms with van der Waals surface area (Å²) in [5, 5.41) is 3.64. The summed E-state index contributed by atoms with van der Waals surface area (Å²) in [7, 11) is 2.21. The zero-order chi connectivity index (χ0) is 12.1. The van der Waals surface area contributed by atoms with Crippen molar-refractivity contribution in [2.75, 3.05) is 13.6 Å². The first-order valence-electron chi connectivity index (χ1n) is 6.74. The summed E-state index contributed by atoms with van der Waals surface area (Å²) < 4.78 is 5.12. The molecule has 1 unspecified atom stereocenters. The Morgan fingerprint density at radius 3 is 2.94 bits per heavy atom. The van der Waals surface area contributed by atoms with E-state index >= 15 is 0 Å². The van der Waals surface area contributed by atoms with Crippen molar-refractivity contribution in [1.29, 1.82) is 0 Å². The average molecular weight is 236 g/mol. The Bertz CT molecular complexity index is 306. The number of hydrogen-bond acceptors (Lipinski definition) is 3. The second kappa shape index (κ2) is 6.22. The molecular formula is C14H24N2O. The minimum absolute atomic E-state index is 0.635. The Labute approximate surface area is 104 Å². The van der Waals surface area contributed by atoms with Gasteiger partial charge in [-0.15, -0.1) is 0 Å². The van der Waals surface area contributed by atoms with Crippen LogP contribution in [0.2, 0.25) is 0 Å². The molecule has 1 aliphatic carbocycles. The van der Waals surface area contributed by atoms with Crippen LogP contribution in [0.3, 0.4) is 0 Å². The average Bonchev–Trinajstić information content (AvgIpc) is 3.01. The van der Waals surface area contributed by atoms with E-state index in [9.17, 15) is 0 Å². The van der Waals surface area contributed by atoms with Crippen molar-refractivity contribution in [2.45, 2.75) is 51.2 Å². The Morgan fingerprint density at radius 2 is 2.35 bits per heavy atom. The van der Waals surface area contributed by atoms with Gasteiger partial charge in [0.1, 0.15) is 0 Å². The first kappa shape index (κ1) is 12.7. The molecule has 2 rings (SSSR count). The zero-order valence-electron chi connectivity index (χ0n) is 11.0. The number of furan rings is 1. The van der Waals surface area contributed by atoms with Crippen LogP contribution >= 0.6 is 0 Å². The molecule has 1 aliphatic rings. The van der Waals surface area contributed by atoms with Gasteiger partial charge in [0.05, 0.1) is 12.5 Å². The topological polar surface area (TPSA) is 28.4 Å². The number of likely N-dealkylation sites (N-methyl/N-ethyl adjacent to an activating group) is 1. The lowest BCUT2D eigenvalue weighted by Crippen LogP contribution is -2.40. The van der Waals surface area contributed by atoms with Crippen LogP contribution in [0.4, 0.5) is 0 Å². The van der Waals surface area contributed by atoms with Crippen molar-refractivity contribution in [2.24, 2.45) is 0 Å². The number of nitrogens with zero attached hydrogens (tertiary/aromatic N) is 1. The fourth-order valence-corrected chi connectivity index (χ4v) is 2.20. The molecule has 0 amide bonds. The lowest BCUT2D eigenvalue weighted by atomic mass is 10.1. The highest BCUT2D eigenvalue weighted by Gasteiger charge is 2.23. The SMILES string of the molecule is CCCC(CNC1CC1)N(C)Cc1ccoc1. The monoisotopic (exact) mass is 236 g/mol. The molecule has 1 fully saturated rings. The molecular weight excluding hydrogens is 212 g/mol. The van der Waals surface area contributed by atoms with Crippen LogP contribution in [-0.4, -0.2) is 30.6 Å². The number of hydrogen-bond donors (Lipinski definition) is 1. The van der Waals surface area contributed by atoms with Crippen molar-refractivity contribution in [3.63, 3.8) is 0 Å². The van der Waals surface area contributed by atoms with Crippen LogP contribution < -0.4 is 5.32 Å². The smallest absolute Gasteiger partial charge is 0.0947 e. The minimum atomic E-state index is 0.635. The quantitative estimate of drug-likeness (QED) is 0.752. The Hall–Kier alpha value is -0.800. The molecule has 1 atom stereocenters. The lowest BCUT2D eigenvalue weighted by molar-refractivity contribution is 0.214. The van der Waals surface area contributed by atoms with Crippen LogP contribution in [0.25, 0.3) is 0 Å². The van der Waals surface area contributed by atoms with Gasteiger partial charge in [-0.2, -0.15) is 0 Å². The largest absolute Gasteiger partial charge is 0.472 e. The standard InChI is InChI=1S/C14H24N2O/c1-3-4-14(9-15-13-5-6-13)16(2)10-12-7-8-17-11-12/h7-8,11,13-15H,3-6,9-10H2,1-2H3. The molecule has 1 aromatic heterocycles. The summed E-state index contributed by atoms with van der Waals surface area (Å²) in [5.41, 5.74) is 1.26. The van der Waals surface area contributed by atoms with Crippen molar-refractivity contribution in [1.82, 2.24) is 10.2 Å². The maximum Gasteiger partial charge on any atom is 0.0947 e. The molecule has 1 heterocycles. The molecule has 0 aliphatic heterocycles. The first-order chi connectivity index (χ1) is 8.29. The second-order valence-corrected chi connectivity index (χ2v) is 5.17. The molecule has 17 heavy (non-hydrogen) atoms. The second-order valence-electron chi connectivity index (χ2n) is 5.17. The van der Waals surface area contributed by atoms with E-state index in [4.69, 9.17) is 4.42 Å². The van der Waals surface area contributed by atoms with E-state index in [1.165, 1.54) is 31.2 Å². The Morgan fingerprint density at radius 1 is 1.53 bits per heavy atom. The first-order valence-corrected chi connectivity index (χ1v) is 6.74. The van der Waals surface area contributed by atoms with Gasteiger partial charge >= 0.3 is 0 Å². The zero-order valence-corrected chi connectivity index (χ0v) is 11.0. The van der Waals surface area contributed by atoms with Gasteiger partial charge in [0, 0.05) is 30.7 Å². The van der Waals surface area contributed by atoms with E-state index in [0.717, 1.165) is 19.1 Å². The van der Waals surface area contributed by atoms with Gasteiger partial charge in [0.25, 0.3) is 0 Å². The molecule has 96 valence electrons. The van der Waals surface area contributed by atoms with Gasteiger partial charge in [-0.05, 0) is 32.4 Å². The van der Waals surface area contributed by atoms with Crippen molar-refractivity contribution in [3.05, 3.63) is 24.2 Å². The summed E-state index contributed by atoms with van der Waals surface area (Å²) in [6, 6.07) is 3.49. The predicted molar refractivity (Wildman–Crippen MR) is 69.9 cm³/mol. The van der Waals surface area contributed by atoms with Crippen LogP contribution in [0.5, 0.6) is 0 Å². The highest BCUT2D eigenvalue weighted by Crippen LogP contribution is 2.19. The van der Waals surface area contributed by atoms with Crippen molar-refractivity contribution >= 4 is 0 Å². The Kier molecular flexibility index (Phi) is 4.63. The molecule has 3 nitrogen and oxygen atoms in total. The lowest BCUT2D eigenvalue weighted by Gasteiger charge is -2.27. The third-order valence-electron chi connectivity index (χ3n) is 3.48. The van der Waals surface area contributed by atoms with E-state index in [1.807, 2.05) is 12.3 Å². The molecule has 0 bridgehead atoms. The molecule has 1 N–H and O–H groups in total. The van der Waals surface area contributed by atoms with Gasteiger partial charge in [0.2, 0.25) is 0 Å². The van der Waals surface area contributed by atoms with E-state index in [-0.39, 0.29) is 0 Å². The molecule has 3 heteroatoms. The third kappa shape index (κ3) is 4.17. The molecule has 0 radical (unpaired) electrons. The minimum Gasteiger partial charge on any atom is -0.472 e. The normalized spacial score (nSPS) is 17.6. The summed E-state index contributed by atoms with van der Waals surface area (Å²) >= 11 is 0. The van der Waals surface area contributed by atoms with Gasteiger partial charge in [-0.1, -0.05) is 13.3 Å². The summed E-state index contributed by atoms with van der Waals surface area (Å²) in [4.78, 5) is 2.43. The van der Waals surface area contributed by atoms with Crippen LogP contribution in [0.1, 0.15) is 38.2 Å². The molecule has 0 aromatic carbocycles. The highest BCUT2D eigenvalue weighted by atomic mass is 16.3. The third-order valence-corrected chi connectivity index (χ3v) is 3.48. The fourth-order valence-electron chi connectivity index (χ4n) is 2.20. The van der Waals surface area contributed by atoms with E-state index in [2.05, 4.69) is 24.2 Å². The van der Waals surface area contributed by atoms with E-state index in [0.29, 0.717) is 6.04 Å². The molecule has 0 spiro atoms. The summed E-state index contributed by atoms with van der Waals surface area (Å²) in [6.45, 7) is 4.36. The maximum absolute atomic E-state index is 5.12. The van der Waals surface area contributed by atoms with Crippen molar-refractivity contribution in [3.8, 4) is 0 Å². The van der Waals surface area contributed by atoms with Crippen molar-refractivity contribution < 1.29 is 4.42 Å². The van der Waals surface area contributed by atoms with E-state index < -0.39 is 0 Å². The fraction of sp³-hybridized carbons (Fsp3) is 0.714. The van der Waals surface area contributed by atoms with Gasteiger partial charge < -0.3 is 9.73 Å². The van der Waals surface area contributed by atoms with Crippen LogP contribution in [0.15, 0.2) is 23.0 Å². The molecule has 1 saturated carbocycles. The summed E-state index contributed by atoms with van der Waals surface area (Å²) in [5.74, 6) is 0. The van der Waals surface area contributed by atoms with Gasteiger partial charge in [0.15, 0.2) is 0 Å². The molecule has 1 aromatic rings. The Balaban J connectivity index is 1.79. The predicted octanol–water partition coefficient (Wildman–Crippen LogP) is 2.63. The van der Waals surface area contributed by atoms with Gasteiger partial charge in [-0.3, -0.25) is 4.90 Å². The highest BCUT2D eigenvalue weighted by molar-refractivity contribution is 5.05. The van der Waals surface area contributed by atoms with Crippen LogP contribution in [-0.2, 0) is 6.54 Å². The van der Waals surface area contributed by atoms with E-state index in [1.54, 1.807) is 6.26 Å².